The molecule has 7 N–H and O–H groups in total. The molecule has 0 amide bonds. The Balaban J connectivity index is 1.74. The van der Waals surface area contributed by atoms with Gasteiger partial charge < -0.3 is 64.2 Å². The van der Waals surface area contributed by atoms with Crippen molar-refractivity contribution in [1.82, 2.24) is 0 Å². The summed E-state index contributed by atoms with van der Waals surface area (Å²) in [5.74, 6) is -0.911. The Morgan fingerprint density at radius 1 is 0.437 bits per heavy atom. The van der Waals surface area contributed by atoms with Crippen LogP contribution < -0.4 is 0 Å². The minimum Gasteiger partial charge on any atom is -0.462 e. The molecule has 0 aromatic carbocycles. The normalized spacial score (nSPS) is 25.2. The fourth-order valence-corrected chi connectivity index (χ4v) is 9.27. The summed E-state index contributed by atoms with van der Waals surface area (Å²) < 4.78 is 33.7. The van der Waals surface area contributed by atoms with E-state index in [9.17, 15) is 45.3 Å². The van der Waals surface area contributed by atoms with Crippen LogP contribution in [0.25, 0.3) is 0 Å². The zero-order valence-corrected chi connectivity index (χ0v) is 44.5. The summed E-state index contributed by atoms with van der Waals surface area (Å²) in [6, 6.07) is 0. The molecule has 0 aliphatic carbocycles. The number of unbranched alkanes of at least 4 members (excludes halogenated alkanes) is 30. The summed E-state index contributed by atoms with van der Waals surface area (Å²) >= 11 is 0. The van der Waals surface area contributed by atoms with Crippen LogP contribution in [0.1, 0.15) is 239 Å². The second-order valence-corrected chi connectivity index (χ2v) is 20.5. The quantitative estimate of drug-likeness (QED) is 0.0171. The lowest BCUT2D eigenvalue weighted by molar-refractivity contribution is -0.332. The van der Waals surface area contributed by atoms with Gasteiger partial charge in [0.15, 0.2) is 18.7 Å². The molecule has 2 aliphatic rings. The zero-order valence-electron chi connectivity index (χ0n) is 44.5. The van der Waals surface area contributed by atoms with Gasteiger partial charge in [-0.25, -0.2) is 0 Å². The van der Waals surface area contributed by atoms with E-state index in [1.165, 1.54) is 161 Å². The van der Waals surface area contributed by atoms with E-state index in [1.807, 2.05) is 0 Å². The Morgan fingerprint density at radius 2 is 0.803 bits per heavy atom. The number of aliphatic hydroxyl groups excluding tert-OH is 7. The zero-order chi connectivity index (χ0) is 51.7. The molecule has 0 bridgehead atoms. The number of carbonyl (C=O) groups is 2. The van der Waals surface area contributed by atoms with Gasteiger partial charge in [0.25, 0.3) is 0 Å². The molecule has 15 nitrogen and oxygen atoms in total. The number of ether oxygens (including phenoxy) is 6. The van der Waals surface area contributed by atoms with Crippen molar-refractivity contribution in [3.63, 3.8) is 0 Å². The van der Waals surface area contributed by atoms with Gasteiger partial charge in [0.2, 0.25) is 0 Å². The van der Waals surface area contributed by atoms with Crippen LogP contribution in [0.2, 0.25) is 0 Å². The fraction of sp³-hybridized carbons (Fsp3) is 0.929. The average molecular weight is 1020 g/mol. The number of hydrogen-bond acceptors (Lipinski definition) is 15. The van der Waals surface area contributed by atoms with E-state index < -0.39 is 92.7 Å². The molecule has 2 heterocycles. The molecule has 0 aromatic rings. The highest BCUT2D eigenvalue weighted by Crippen LogP contribution is 2.27. The minimum absolute atomic E-state index is 0.171. The van der Waals surface area contributed by atoms with E-state index in [2.05, 4.69) is 26.0 Å². The SMILES string of the molecule is CCCCCCCC/C=C/CCCCCCCCCCCCCC(=O)OC[C@@H](CO[C@@H]1O[C@H](CO[C@@H]2O[C@H](CO)[C@H](O)C(O)C2O)[C@H](O)C(O)C1O)OC(=O)CCCCCCCCCCCCCCCC. The van der Waals surface area contributed by atoms with E-state index in [1.54, 1.807) is 0 Å². The van der Waals surface area contributed by atoms with E-state index in [4.69, 9.17) is 28.4 Å². The number of aliphatic hydroxyl groups is 7. The van der Waals surface area contributed by atoms with Crippen molar-refractivity contribution in [3.8, 4) is 0 Å². The number of allylic oxidation sites excluding steroid dienone is 2. The van der Waals surface area contributed by atoms with E-state index in [-0.39, 0.29) is 26.1 Å². The molecule has 0 saturated carbocycles. The third-order valence-corrected chi connectivity index (χ3v) is 14.0. The van der Waals surface area contributed by atoms with Gasteiger partial charge in [0, 0.05) is 12.8 Å². The Morgan fingerprint density at radius 3 is 1.24 bits per heavy atom. The Bertz CT molecular complexity index is 1290. The van der Waals surface area contributed by atoms with Crippen molar-refractivity contribution in [2.75, 3.05) is 26.4 Å². The molecular formula is C56H104O15. The highest BCUT2D eigenvalue weighted by atomic mass is 16.7. The first-order valence-electron chi connectivity index (χ1n) is 28.8. The van der Waals surface area contributed by atoms with Gasteiger partial charge >= 0.3 is 11.9 Å². The van der Waals surface area contributed by atoms with Crippen molar-refractivity contribution in [3.05, 3.63) is 12.2 Å². The predicted octanol–water partition coefficient (Wildman–Crippen LogP) is 9.33. The van der Waals surface area contributed by atoms with Crippen molar-refractivity contribution < 1.29 is 73.8 Å². The van der Waals surface area contributed by atoms with Gasteiger partial charge in [-0.1, -0.05) is 199 Å². The summed E-state index contributed by atoms with van der Waals surface area (Å²) in [6.45, 7) is 2.63. The standard InChI is InChI=1S/C56H104O15/c1-3-5-7-9-11-13-15-17-19-20-21-22-23-24-25-27-28-30-32-34-36-38-47(58)66-41-44(69-48(59)39-37-35-33-31-29-26-18-16-14-12-10-8-6-4-2)42-67-55-54(65)52(63)50(61)46(71-55)43-68-56-53(64)51(62)49(60)45(40-57)70-56/h17,19,44-46,49-57,60-65H,3-16,18,20-43H2,1-2H3/b19-17+/t44-,45+,46+,49-,50-,51?,52?,53?,54?,55+,56+/m0/s1. The Labute approximate surface area is 429 Å². The topological polar surface area (TPSA) is 231 Å². The minimum atomic E-state index is -1.76. The van der Waals surface area contributed by atoms with Gasteiger partial charge in [-0.15, -0.1) is 0 Å². The van der Waals surface area contributed by atoms with Crippen LogP contribution in [-0.4, -0.2) is 142 Å². The third-order valence-electron chi connectivity index (χ3n) is 14.0. The van der Waals surface area contributed by atoms with E-state index in [0.29, 0.717) is 12.8 Å². The van der Waals surface area contributed by atoms with Crippen LogP contribution in [-0.2, 0) is 38.0 Å². The number of rotatable bonds is 46. The maximum atomic E-state index is 13.0. The molecule has 4 unspecified atom stereocenters. The van der Waals surface area contributed by atoms with E-state index >= 15 is 0 Å². The first kappa shape index (κ1) is 65.4. The highest BCUT2D eigenvalue weighted by Gasteiger charge is 2.47. The molecule has 0 radical (unpaired) electrons. The molecule has 15 heteroatoms. The van der Waals surface area contributed by atoms with Crippen LogP contribution in [0.5, 0.6) is 0 Å². The molecule has 2 fully saturated rings. The second kappa shape index (κ2) is 43.5. The summed E-state index contributed by atoms with van der Waals surface area (Å²) in [7, 11) is 0. The van der Waals surface area contributed by atoms with Crippen molar-refractivity contribution >= 4 is 11.9 Å². The van der Waals surface area contributed by atoms with Gasteiger partial charge in [-0.2, -0.15) is 0 Å². The summed E-state index contributed by atoms with van der Waals surface area (Å²) in [5.41, 5.74) is 0. The van der Waals surface area contributed by atoms with Crippen LogP contribution in [0.15, 0.2) is 12.2 Å². The molecule has 2 aliphatic heterocycles. The van der Waals surface area contributed by atoms with Crippen molar-refractivity contribution in [2.45, 2.75) is 306 Å². The van der Waals surface area contributed by atoms with Crippen molar-refractivity contribution in [1.29, 1.82) is 0 Å². The number of esters is 2. The maximum Gasteiger partial charge on any atom is 0.306 e. The predicted molar refractivity (Wildman–Crippen MR) is 275 cm³/mol. The lowest BCUT2D eigenvalue weighted by atomic mass is 9.98. The maximum absolute atomic E-state index is 13.0. The van der Waals surface area contributed by atoms with Crippen molar-refractivity contribution in [2.24, 2.45) is 0 Å². The summed E-state index contributed by atoms with van der Waals surface area (Å²) in [5, 5.41) is 72.2. The van der Waals surface area contributed by atoms with Gasteiger partial charge in [0.1, 0.15) is 55.4 Å². The Hall–Kier alpha value is -1.76. The van der Waals surface area contributed by atoms with E-state index in [0.717, 1.165) is 38.5 Å². The molecule has 2 saturated heterocycles. The number of carbonyl (C=O) groups excluding carboxylic acids is 2. The van der Waals surface area contributed by atoms with Crippen LogP contribution in [0, 0.1) is 0 Å². The lowest BCUT2D eigenvalue weighted by Gasteiger charge is -2.42. The molecule has 418 valence electrons. The molecule has 0 spiro atoms. The molecule has 11 atom stereocenters. The summed E-state index contributed by atoms with van der Waals surface area (Å²) in [6.07, 6.45) is 28.0. The molecule has 2 rings (SSSR count). The Kier molecular flexibility index (Phi) is 40.0. The van der Waals surface area contributed by atoms with Crippen LogP contribution >= 0.6 is 0 Å². The fourth-order valence-electron chi connectivity index (χ4n) is 9.27. The van der Waals surface area contributed by atoms with Gasteiger partial charge in [-0.05, 0) is 38.5 Å². The average Bonchev–Trinajstić information content (AvgIpc) is 3.36. The largest absolute Gasteiger partial charge is 0.462 e. The molecule has 71 heavy (non-hydrogen) atoms. The van der Waals surface area contributed by atoms with Crippen LogP contribution in [0.4, 0.5) is 0 Å². The molecule has 0 aromatic heterocycles. The number of hydrogen-bond donors (Lipinski definition) is 7. The second-order valence-electron chi connectivity index (χ2n) is 20.5. The smallest absolute Gasteiger partial charge is 0.306 e. The third kappa shape index (κ3) is 31.0. The molecular weight excluding hydrogens is 913 g/mol. The first-order chi connectivity index (χ1) is 34.5. The summed E-state index contributed by atoms with van der Waals surface area (Å²) in [4.78, 5) is 25.8. The lowest BCUT2D eigenvalue weighted by Crippen LogP contribution is -2.61. The highest BCUT2D eigenvalue weighted by molar-refractivity contribution is 5.70. The monoisotopic (exact) mass is 1020 g/mol. The van der Waals surface area contributed by atoms with Crippen LogP contribution in [0.3, 0.4) is 0 Å². The van der Waals surface area contributed by atoms with Gasteiger partial charge in [-0.3, -0.25) is 9.59 Å². The van der Waals surface area contributed by atoms with Gasteiger partial charge in [0.05, 0.1) is 19.8 Å². The first-order valence-corrected chi connectivity index (χ1v) is 28.8.